The van der Waals surface area contributed by atoms with Gasteiger partial charge in [-0.15, -0.1) is 0 Å². The summed E-state index contributed by atoms with van der Waals surface area (Å²) in [6.07, 6.45) is 0.815. The van der Waals surface area contributed by atoms with Gasteiger partial charge in [0.2, 0.25) is 5.91 Å². The molecule has 0 saturated carbocycles. The summed E-state index contributed by atoms with van der Waals surface area (Å²) >= 11 is 0. The molecule has 0 spiro atoms. The van der Waals surface area contributed by atoms with Gasteiger partial charge in [0.15, 0.2) is 0 Å². The maximum Gasteiger partial charge on any atom is 0.321 e. The van der Waals surface area contributed by atoms with Crippen molar-refractivity contribution in [2.75, 3.05) is 20.7 Å². The second-order valence-corrected chi connectivity index (χ2v) is 6.55. The molecule has 1 atom stereocenters. The molecule has 6 nitrogen and oxygen atoms in total. The molecule has 0 aromatic heterocycles. The van der Waals surface area contributed by atoms with Crippen LogP contribution >= 0.6 is 0 Å². The summed E-state index contributed by atoms with van der Waals surface area (Å²) < 4.78 is 5.24. The zero-order valence-electron chi connectivity index (χ0n) is 15.8. The van der Waals surface area contributed by atoms with E-state index in [1.54, 1.807) is 7.11 Å². The quantitative estimate of drug-likeness (QED) is 0.799. The van der Waals surface area contributed by atoms with Crippen LogP contribution in [0.5, 0.6) is 5.75 Å². The fourth-order valence-corrected chi connectivity index (χ4v) is 2.64. The molecule has 2 aromatic rings. The first-order valence-electron chi connectivity index (χ1n) is 8.76. The third-order valence-corrected chi connectivity index (χ3v) is 4.22. The van der Waals surface area contributed by atoms with Crippen LogP contribution in [0.25, 0.3) is 10.8 Å². The van der Waals surface area contributed by atoms with Gasteiger partial charge in [0, 0.05) is 12.6 Å². The SMILES string of the molecule is CC[C@@H](C)NC(=O)NC(=O)CN(C)Cc1ccc2cc(OC)ccc2c1. The van der Waals surface area contributed by atoms with Crippen molar-refractivity contribution in [3.05, 3.63) is 42.0 Å². The van der Waals surface area contributed by atoms with Crippen LogP contribution in [0.1, 0.15) is 25.8 Å². The van der Waals surface area contributed by atoms with Gasteiger partial charge in [-0.3, -0.25) is 15.0 Å². The highest BCUT2D eigenvalue weighted by molar-refractivity contribution is 5.95. The highest BCUT2D eigenvalue weighted by atomic mass is 16.5. The van der Waals surface area contributed by atoms with Gasteiger partial charge in [0.25, 0.3) is 0 Å². The molecule has 2 aromatic carbocycles. The van der Waals surface area contributed by atoms with E-state index in [1.165, 1.54) is 0 Å². The topological polar surface area (TPSA) is 70.7 Å². The monoisotopic (exact) mass is 357 g/mol. The molecule has 6 heteroatoms. The Kier molecular flexibility index (Phi) is 6.97. The minimum absolute atomic E-state index is 0.0387. The average Bonchev–Trinajstić information content (AvgIpc) is 2.60. The van der Waals surface area contributed by atoms with Crippen LogP contribution in [0.2, 0.25) is 0 Å². The van der Waals surface area contributed by atoms with Crippen molar-refractivity contribution >= 4 is 22.7 Å². The van der Waals surface area contributed by atoms with Crippen molar-refractivity contribution in [1.29, 1.82) is 0 Å². The standard InChI is InChI=1S/C20H27N3O3/c1-5-14(2)21-20(25)22-19(24)13-23(3)12-15-6-7-17-11-18(26-4)9-8-16(17)10-15/h6-11,14H,5,12-13H2,1-4H3,(H2,21,22,24,25)/t14-/m1/s1. The third kappa shape index (κ3) is 5.74. The van der Waals surface area contributed by atoms with Crippen LogP contribution in [0, 0.1) is 0 Å². The Labute approximate surface area is 154 Å². The number of ether oxygens (including phenoxy) is 1. The summed E-state index contributed by atoms with van der Waals surface area (Å²) in [7, 11) is 3.50. The first kappa shape index (κ1) is 19.7. The molecule has 26 heavy (non-hydrogen) atoms. The smallest absolute Gasteiger partial charge is 0.321 e. The summed E-state index contributed by atoms with van der Waals surface area (Å²) in [5.41, 5.74) is 1.10. The lowest BCUT2D eigenvalue weighted by molar-refractivity contribution is -0.120. The van der Waals surface area contributed by atoms with Crippen molar-refractivity contribution in [2.24, 2.45) is 0 Å². The van der Waals surface area contributed by atoms with Crippen molar-refractivity contribution in [1.82, 2.24) is 15.5 Å². The number of imide groups is 1. The number of rotatable bonds is 7. The van der Waals surface area contributed by atoms with Gasteiger partial charge in [0.1, 0.15) is 5.75 Å². The number of hydrogen-bond acceptors (Lipinski definition) is 4. The lowest BCUT2D eigenvalue weighted by Gasteiger charge is -2.17. The van der Waals surface area contributed by atoms with Crippen molar-refractivity contribution in [3.63, 3.8) is 0 Å². The first-order valence-corrected chi connectivity index (χ1v) is 8.76. The van der Waals surface area contributed by atoms with Crippen molar-refractivity contribution in [3.8, 4) is 5.75 Å². The van der Waals surface area contributed by atoms with Gasteiger partial charge in [-0.2, -0.15) is 0 Å². The van der Waals surface area contributed by atoms with E-state index >= 15 is 0 Å². The molecule has 0 aliphatic carbocycles. The molecule has 0 heterocycles. The van der Waals surface area contributed by atoms with Gasteiger partial charge < -0.3 is 10.1 Å². The Morgan fingerprint density at radius 1 is 1.15 bits per heavy atom. The molecule has 0 aliphatic heterocycles. The molecular formula is C20H27N3O3. The fraction of sp³-hybridized carbons (Fsp3) is 0.400. The first-order chi connectivity index (χ1) is 12.4. The molecule has 0 saturated heterocycles. The highest BCUT2D eigenvalue weighted by Gasteiger charge is 2.12. The minimum atomic E-state index is -0.447. The second kappa shape index (κ2) is 9.20. The van der Waals surface area contributed by atoms with E-state index in [0.717, 1.165) is 28.5 Å². The Hall–Kier alpha value is -2.60. The number of fused-ring (bicyclic) bond motifs is 1. The van der Waals surface area contributed by atoms with Crippen LogP contribution < -0.4 is 15.4 Å². The predicted octanol–water partition coefficient (Wildman–Crippen LogP) is 2.90. The lowest BCUT2D eigenvalue weighted by atomic mass is 10.1. The number of carbonyl (C=O) groups excluding carboxylic acids is 2. The zero-order chi connectivity index (χ0) is 19.1. The summed E-state index contributed by atoms with van der Waals surface area (Å²) in [5, 5.41) is 7.30. The number of carbonyl (C=O) groups is 2. The largest absolute Gasteiger partial charge is 0.497 e. The van der Waals surface area contributed by atoms with E-state index in [-0.39, 0.29) is 18.5 Å². The molecule has 0 bridgehead atoms. The Balaban J connectivity index is 1.90. The molecule has 0 fully saturated rings. The molecule has 0 unspecified atom stereocenters. The minimum Gasteiger partial charge on any atom is -0.497 e. The Morgan fingerprint density at radius 3 is 2.54 bits per heavy atom. The number of nitrogens with one attached hydrogen (secondary N) is 2. The fourth-order valence-electron chi connectivity index (χ4n) is 2.64. The van der Waals surface area contributed by atoms with Gasteiger partial charge in [0.05, 0.1) is 13.7 Å². The van der Waals surface area contributed by atoms with Crippen LogP contribution in [0.3, 0.4) is 0 Å². The number of hydrogen-bond donors (Lipinski definition) is 2. The van der Waals surface area contributed by atoms with Gasteiger partial charge in [-0.05, 0) is 54.9 Å². The number of amides is 3. The van der Waals surface area contributed by atoms with Gasteiger partial charge in [-0.25, -0.2) is 4.79 Å². The van der Waals surface area contributed by atoms with E-state index in [2.05, 4.69) is 16.7 Å². The van der Waals surface area contributed by atoms with E-state index in [0.29, 0.717) is 6.54 Å². The Morgan fingerprint density at radius 2 is 1.85 bits per heavy atom. The van der Waals surface area contributed by atoms with E-state index in [4.69, 9.17) is 4.74 Å². The molecule has 140 valence electrons. The molecule has 0 aliphatic rings. The highest BCUT2D eigenvalue weighted by Crippen LogP contribution is 2.22. The second-order valence-electron chi connectivity index (χ2n) is 6.55. The maximum atomic E-state index is 12.0. The summed E-state index contributed by atoms with van der Waals surface area (Å²) in [5.74, 6) is 0.508. The van der Waals surface area contributed by atoms with Crippen LogP contribution in [-0.4, -0.2) is 43.6 Å². The third-order valence-electron chi connectivity index (χ3n) is 4.22. The number of likely N-dealkylation sites (N-methyl/N-ethyl adjacent to an activating group) is 1. The van der Waals surface area contributed by atoms with Crippen LogP contribution in [-0.2, 0) is 11.3 Å². The molecule has 2 rings (SSSR count). The van der Waals surface area contributed by atoms with E-state index in [1.807, 2.05) is 56.1 Å². The predicted molar refractivity (Wildman–Crippen MR) is 103 cm³/mol. The number of nitrogens with zero attached hydrogens (tertiary/aromatic N) is 1. The molecule has 2 N–H and O–H groups in total. The number of urea groups is 1. The van der Waals surface area contributed by atoms with E-state index in [9.17, 15) is 9.59 Å². The zero-order valence-corrected chi connectivity index (χ0v) is 15.8. The van der Waals surface area contributed by atoms with Crippen LogP contribution in [0.4, 0.5) is 4.79 Å². The van der Waals surface area contributed by atoms with Gasteiger partial charge >= 0.3 is 6.03 Å². The lowest BCUT2D eigenvalue weighted by Crippen LogP contribution is -2.46. The van der Waals surface area contributed by atoms with Crippen LogP contribution in [0.15, 0.2) is 36.4 Å². The maximum absolute atomic E-state index is 12.0. The van der Waals surface area contributed by atoms with E-state index < -0.39 is 6.03 Å². The summed E-state index contributed by atoms with van der Waals surface area (Å²) in [6, 6.07) is 11.7. The molecule has 0 radical (unpaired) electrons. The van der Waals surface area contributed by atoms with Gasteiger partial charge in [-0.1, -0.05) is 25.1 Å². The normalized spacial score (nSPS) is 12.0. The number of benzene rings is 2. The number of methoxy groups -OCH3 is 1. The summed E-state index contributed by atoms with van der Waals surface area (Å²) in [6.45, 7) is 4.63. The average molecular weight is 357 g/mol. The molecular weight excluding hydrogens is 330 g/mol. The summed E-state index contributed by atoms with van der Waals surface area (Å²) in [4.78, 5) is 25.5. The molecule has 3 amide bonds. The van der Waals surface area contributed by atoms with Crippen molar-refractivity contribution in [2.45, 2.75) is 32.9 Å². The van der Waals surface area contributed by atoms with Crippen molar-refractivity contribution < 1.29 is 14.3 Å². The Bertz CT molecular complexity index is 776.